The molecule has 0 aliphatic rings. The summed E-state index contributed by atoms with van der Waals surface area (Å²) in [5.41, 5.74) is 22.6. The number of pyridine rings is 1. The molecule has 14 aromatic heterocycles. The third kappa shape index (κ3) is 22.4. The van der Waals surface area contributed by atoms with E-state index in [1.807, 2.05) is 207 Å². The number of hydrogen-bond donors (Lipinski definition) is 6. The molecule has 19 rings (SSSR count). The van der Waals surface area contributed by atoms with Gasteiger partial charge in [-0.15, -0.1) is 125 Å². The molecule has 0 spiro atoms. The molecule has 5 aromatic carbocycles. The summed E-state index contributed by atoms with van der Waals surface area (Å²) in [6, 6.07) is 35.9. The van der Waals surface area contributed by atoms with E-state index in [2.05, 4.69) is 122 Å². The molecule has 0 atom stereocenters. The number of aromatic nitrogens is 16. The molecule has 0 aliphatic heterocycles. The molecule has 6 N–H and O–H groups in total. The van der Waals surface area contributed by atoms with Gasteiger partial charge >= 0.3 is 0 Å². The third-order valence-electron chi connectivity index (χ3n) is 19.3. The molecule has 26 nitrogen and oxygen atoms in total. The summed E-state index contributed by atoms with van der Waals surface area (Å²) in [6.07, 6.45) is 12.7. The zero-order chi connectivity index (χ0) is 90.4. The number of H-pyrrole nitrogens is 1. The lowest BCUT2D eigenvalue weighted by molar-refractivity contribution is 0.416. The number of nitrogens with zero attached hydrogens (tertiary/aromatic N) is 15. The van der Waals surface area contributed by atoms with Crippen LogP contribution in [0.3, 0.4) is 0 Å². The number of aryl methyl sites for hydroxylation is 11. The highest BCUT2D eigenvalue weighted by Crippen LogP contribution is 2.44. The summed E-state index contributed by atoms with van der Waals surface area (Å²) >= 11 is 17.8. The normalized spacial score (nSPS) is 10.8. The Labute approximate surface area is 789 Å². The van der Waals surface area contributed by atoms with E-state index in [-0.39, 0.29) is 0 Å². The van der Waals surface area contributed by atoms with Gasteiger partial charge in [-0.1, -0.05) is 36.9 Å². The maximum atomic E-state index is 5.52. The first-order valence-electron chi connectivity index (χ1n) is 39.7. The van der Waals surface area contributed by atoms with E-state index in [0.717, 1.165) is 239 Å². The second-order valence-corrected chi connectivity index (χ2v) is 39.5. The summed E-state index contributed by atoms with van der Waals surface area (Å²) in [7, 11) is 10.3. The van der Waals surface area contributed by atoms with Crippen molar-refractivity contribution >= 4 is 185 Å². The lowest BCUT2D eigenvalue weighted by Gasteiger charge is -2.11. The highest BCUT2D eigenvalue weighted by molar-refractivity contribution is 7.19. The van der Waals surface area contributed by atoms with Crippen molar-refractivity contribution in [2.24, 2.45) is 7.05 Å². The minimum Gasteiger partial charge on any atom is -0.495 e. The molecule has 14 heterocycles. The van der Waals surface area contributed by atoms with Crippen LogP contribution in [-0.4, -0.2) is 115 Å². The molecule has 0 saturated heterocycles. The van der Waals surface area contributed by atoms with Gasteiger partial charge in [-0.3, -0.25) is 14.8 Å². The van der Waals surface area contributed by atoms with Crippen molar-refractivity contribution in [2.75, 3.05) is 62.1 Å². The Hall–Kier alpha value is -12.7. The van der Waals surface area contributed by atoms with E-state index in [9.17, 15) is 0 Å². The van der Waals surface area contributed by atoms with E-state index >= 15 is 0 Å². The van der Waals surface area contributed by atoms with Crippen LogP contribution in [-0.2, 0) is 7.05 Å². The maximum Gasteiger partial charge on any atom is 0.187 e. The number of anilines is 10. The van der Waals surface area contributed by atoms with Crippen molar-refractivity contribution in [3.63, 3.8) is 0 Å². The first-order chi connectivity index (χ1) is 62.6. The smallest absolute Gasteiger partial charge is 0.187 e. The van der Waals surface area contributed by atoms with Crippen LogP contribution in [0.15, 0.2) is 185 Å². The molecule has 0 fully saturated rings. The minimum atomic E-state index is 0.763. The Morgan fingerprint density at radius 2 is 0.705 bits per heavy atom. The SMILES string of the molecule is C=Cc1ccc(OC)c(Nc2nc(-c3sc(C)nc3C)cs2)c1.COc1ccc(-c2cccnc2)cc1Nc1nc(-c2sc(C)nc2C)cs1.COc1ccc(-c2ccnn2C)cc1Nc1nc(-c2sc(C)nc2C)cs1.COc1ccc(-c2cn[nH]c2)cc1Nc1nc(-c2sc(C)nc2C)cs1.COc1ccc(-c2nccs2)cc1Nc1nc(-c2sc(C)nc2C)cs1. The predicted octanol–water partition coefficient (Wildman–Crippen LogP) is 26.8. The fourth-order valence-electron chi connectivity index (χ4n) is 13.4. The van der Waals surface area contributed by atoms with Crippen molar-refractivity contribution < 1.29 is 23.7 Å². The lowest BCUT2D eigenvalue weighted by atomic mass is 10.1. The van der Waals surface area contributed by atoms with Gasteiger partial charge in [-0.05, 0) is 171 Å². The van der Waals surface area contributed by atoms with Gasteiger partial charge in [0, 0.05) is 92.6 Å². The summed E-state index contributed by atoms with van der Waals surface area (Å²) in [4.78, 5) is 60.2. The van der Waals surface area contributed by atoms with Crippen LogP contribution < -0.4 is 50.3 Å². The fraction of sp³-hybridized carbons (Fsp3) is 0.174. The Bertz CT molecular complexity index is 6840. The topological polar surface area (TPSA) is 307 Å². The molecule has 37 heteroatoms. The first-order valence-corrected chi connectivity index (χ1v) is 49.1. The molecule has 656 valence electrons. The monoisotopic (exact) mass is 1920 g/mol. The van der Waals surface area contributed by atoms with Crippen molar-refractivity contribution in [1.29, 1.82) is 0 Å². The summed E-state index contributed by atoms with van der Waals surface area (Å²) in [5, 5.41) is 50.6. The molecule has 19 aromatic rings. The number of aromatic amines is 1. The molecule has 0 aliphatic carbocycles. The van der Waals surface area contributed by atoms with Gasteiger partial charge in [0.05, 0.1) is 182 Å². The number of hydrogen-bond acceptors (Lipinski definition) is 35. The largest absolute Gasteiger partial charge is 0.495 e. The summed E-state index contributed by atoms with van der Waals surface area (Å²) in [6.45, 7) is 24.0. The van der Waals surface area contributed by atoms with Crippen molar-refractivity contribution in [2.45, 2.75) is 69.2 Å². The van der Waals surface area contributed by atoms with Gasteiger partial charge < -0.3 is 50.3 Å². The van der Waals surface area contributed by atoms with Crippen LogP contribution in [0.5, 0.6) is 28.7 Å². The Morgan fingerprint density at radius 1 is 0.357 bits per heavy atom. The standard InChI is InChI=1S/C20H18N4OS2.C19H19N5OS2.C18H17N5OS2.C18H16N4OS3.C17H17N3OS2/c1-12-19(27-13(2)22-12)17-11-26-20(24-17)23-16-9-14(6-7-18(16)25-3)15-5-4-8-21-10-15;1-11-18(27-12(2)21-11)15-10-26-19(23-15)22-14-9-13(5-6-17(14)25-4)16-7-8-20-24(16)3;1-10-17(26-11(2)21-10)15-9-25-18(23-15)22-14-6-12(4-5-16(14)24-3)13-7-19-20-8-13;1-10-16(26-11(2)20-10)14-9-25-18(22-14)21-13-8-12(4-5-15(13)23-3)17-19-6-7-24-17;1-5-12-6-7-15(21-4)13(8-12)19-17-20-14(9-22-17)16-10(2)18-11(3)23-16/h4-11H,1-3H3,(H,23,24);5-10H,1-4H3,(H,22,23);4-9H,1-3H3,(H,19,20)(H,22,23);4-9H,1-3H3,(H,21,22);5-9H,1H2,2-4H3,(H,19,20). The second-order valence-electron chi connectivity index (χ2n) is 28.3. The van der Waals surface area contributed by atoms with Crippen molar-refractivity contribution in [1.82, 2.24) is 79.8 Å². The zero-order valence-electron chi connectivity index (χ0n) is 72.8. The van der Waals surface area contributed by atoms with Crippen molar-refractivity contribution in [3.8, 4) is 126 Å². The zero-order valence-corrected chi connectivity index (χ0v) is 81.8. The predicted molar refractivity (Wildman–Crippen MR) is 539 cm³/mol. The Kier molecular flexibility index (Phi) is 29.7. The molecular weight excluding hydrogens is 1830 g/mol. The number of ether oxygens (including phenoxy) is 5. The number of nitrogens with one attached hydrogen (secondary N) is 6. The fourth-order valence-corrected chi connectivity index (χ4v) is 22.4. The van der Waals surface area contributed by atoms with E-state index in [1.54, 1.807) is 185 Å². The Balaban J connectivity index is 0.000000124. The van der Waals surface area contributed by atoms with Gasteiger partial charge in [0.15, 0.2) is 25.7 Å². The minimum absolute atomic E-state index is 0.763. The lowest BCUT2D eigenvalue weighted by Crippen LogP contribution is -1.97. The van der Waals surface area contributed by atoms with Gasteiger partial charge in [0.25, 0.3) is 0 Å². The van der Waals surface area contributed by atoms with E-state index in [0.29, 0.717) is 0 Å². The van der Waals surface area contributed by atoms with Gasteiger partial charge in [0.2, 0.25) is 0 Å². The van der Waals surface area contributed by atoms with Gasteiger partial charge in [-0.2, -0.15) is 10.2 Å². The van der Waals surface area contributed by atoms with Crippen LogP contribution in [0.25, 0.3) is 103 Å². The quantitative estimate of drug-likeness (QED) is 0.0310. The van der Waals surface area contributed by atoms with E-state index in [4.69, 9.17) is 43.6 Å². The molecule has 0 bridgehead atoms. The molecular formula is C92H87N21O5S11. The van der Waals surface area contributed by atoms with Gasteiger partial charge in [0.1, 0.15) is 33.8 Å². The van der Waals surface area contributed by atoms with Crippen LogP contribution in [0.1, 0.15) is 59.1 Å². The van der Waals surface area contributed by atoms with Gasteiger partial charge in [-0.25, -0.2) is 54.8 Å². The second kappa shape index (κ2) is 42.1. The van der Waals surface area contributed by atoms with Crippen LogP contribution >= 0.6 is 125 Å². The van der Waals surface area contributed by atoms with Crippen LogP contribution in [0, 0.1) is 69.2 Å². The maximum absolute atomic E-state index is 5.52. The average molecular weight is 1920 g/mol. The molecule has 0 amide bonds. The third-order valence-corrected chi connectivity index (χ3v) is 29.4. The molecule has 0 unspecified atom stereocenters. The van der Waals surface area contributed by atoms with Crippen molar-refractivity contribution in [3.05, 3.63) is 244 Å². The van der Waals surface area contributed by atoms with Crippen LogP contribution in [0.4, 0.5) is 54.1 Å². The number of methoxy groups -OCH3 is 5. The first kappa shape index (κ1) is 91.1. The van der Waals surface area contributed by atoms with E-state index < -0.39 is 0 Å². The summed E-state index contributed by atoms with van der Waals surface area (Å²) < 4.78 is 29.3. The molecule has 0 saturated carbocycles. The highest BCUT2D eigenvalue weighted by atomic mass is 32.1. The number of thiazole rings is 11. The summed E-state index contributed by atoms with van der Waals surface area (Å²) in [5.74, 6) is 3.84. The highest BCUT2D eigenvalue weighted by Gasteiger charge is 2.22. The average Bonchev–Trinajstić information content (AvgIpc) is 1.77. The molecule has 129 heavy (non-hydrogen) atoms. The molecule has 0 radical (unpaired) electrons. The number of rotatable bonds is 25. The number of benzene rings is 5. The Morgan fingerprint density at radius 3 is 1.02 bits per heavy atom. The van der Waals surface area contributed by atoms with Crippen LogP contribution in [0.2, 0.25) is 0 Å². The van der Waals surface area contributed by atoms with E-state index in [1.165, 1.54) is 0 Å².